The highest BCUT2D eigenvalue weighted by Gasteiger charge is 2.36. The van der Waals surface area contributed by atoms with E-state index < -0.39 is 12.5 Å². The Labute approximate surface area is 217 Å². The minimum absolute atomic E-state index is 0.0737. The minimum Gasteiger partial charge on any atom is -0.378 e. The third-order valence-corrected chi connectivity index (χ3v) is 6.28. The first-order chi connectivity index (χ1) is 17.5. The van der Waals surface area contributed by atoms with Crippen LogP contribution in [0.25, 0.3) is 11.0 Å². The number of alkyl halides is 3. The Morgan fingerprint density at radius 1 is 1.27 bits per heavy atom. The second-order valence-corrected chi connectivity index (χ2v) is 9.88. The van der Waals surface area contributed by atoms with Crippen LogP contribution >= 0.6 is 11.6 Å². The summed E-state index contributed by atoms with van der Waals surface area (Å²) in [7, 11) is 0. The molecule has 2 aliphatic heterocycles. The highest BCUT2D eigenvalue weighted by molar-refractivity contribution is 6.31. The second-order valence-electron chi connectivity index (χ2n) is 9.44. The summed E-state index contributed by atoms with van der Waals surface area (Å²) in [5, 5.41) is 3.97. The van der Waals surface area contributed by atoms with E-state index in [4.69, 9.17) is 21.1 Å². The first-order valence-electron chi connectivity index (χ1n) is 12.0. The molecule has 0 bridgehead atoms. The molecule has 2 saturated heterocycles. The van der Waals surface area contributed by atoms with E-state index in [1.54, 1.807) is 18.2 Å². The van der Waals surface area contributed by atoms with Crippen molar-refractivity contribution in [2.45, 2.75) is 32.5 Å². The number of morpholine rings is 1. The minimum atomic E-state index is -4.64. The molecule has 2 N–H and O–H groups in total. The van der Waals surface area contributed by atoms with Crippen LogP contribution in [0.2, 0.25) is 5.02 Å². The number of imidazole rings is 1. The number of H-pyrrole nitrogens is 1. The summed E-state index contributed by atoms with van der Waals surface area (Å²) >= 11 is 6.08. The number of fused-ring (bicyclic) bond motifs is 1. The second kappa shape index (κ2) is 12.7. The molecule has 2 amide bonds. The van der Waals surface area contributed by atoms with Gasteiger partial charge in [0.05, 0.1) is 30.2 Å². The summed E-state index contributed by atoms with van der Waals surface area (Å²) in [6.07, 6.45) is -5.05. The number of ether oxygens (including phenoxy) is 1. The van der Waals surface area contributed by atoms with E-state index in [-0.39, 0.29) is 29.7 Å². The van der Waals surface area contributed by atoms with Crippen LogP contribution in [0.15, 0.2) is 18.2 Å². The Morgan fingerprint density at radius 3 is 2.57 bits per heavy atom. The van der Waals surface area contributed by atoms with Gasteiger partial charge in [-0.05, 0) is 30.5 Å². The van der Waals surface area contributed by atoms with Gasteiger partial charge in [-0.15, -0.1) is 0 Å². The Kier molecular flexibility index (Phi) is 9.91. The average Bonchev–Trinajstić information content (AvgIpc) is 3.30. The molecule has 2 aromatic rings. The normalized spacial score (nSPS) is 20.4. The standard InChI is InChI=1S/C22H30ClN5O3.C2HF3O/c1-14(2)13-28(22(30)20-25-18-4-3-16(23)10-19(18)26-20)17-9-15(11-24-12-17)21(29)27-5-7-31-8-6-27;3-2(4,5)1-6/h3-4,10,14-15,17,24H,5-9,11-13H2,1-2H3,(H,25,26);1H/t15-,17+;/m1./s1. The zero-order chi connectivity index (χ0) is 27.2. The molecule has 0 aliphatic carbocycles. The van der Waals surface area contributed by atoms with Crippen molar-refractivity contribution in [1.82, 2.24) is 25.1 Å². The van der Waals surface area contributed by atoms with Gasteiger partial charge in [-0.2, -0.15) is 13.2 Å². The average molecular weight is 546 g/mol. The summed E-state index contributed by atoms with van der Waals surface area (Å²) in [6.45, 7) is 8.52. The van der Waals surface area contributed by atoms with Gasteiger partial charge in [-0.25, -0.2) is 4.98 Å². The number of benzene rings is 1. The van der Waals surface area contributed by atoms with E-state index in [2.05, 4.69) is 29.1 Å². The fraction of sp³-hybridized carbons (Fsp3) is 0.583. The van der Waals surface area contributed by atoms with Crippen LogP contribution in [0.5, 0.6) is 0 Å². The molecular formula is C24H31ClF3N5O4. The van der Waals surface area contributed by atoms with Crippen molar-refractivity contribution in [2.75, 3.05) is 45.9 Å². The van der Waals surface area contributed by atoms with Crippen molar-refractivity contribution in [3.63, 3.8) is 0 Å². The number of nitrogens with one attached hydrogen (secondary N) is 2. The molecule has 0 saturated carbocycles. The molecule has 1 aromatic carbocycles. The lowest BCUT2D eigenvalue weighted by atomic mass is 9.92. The number of aromatic amines is 1. The zero-order valence-corrected chi connectivity index (χ0v) is 21.4. The summed E-state index contributed by atoms with van der Waals surface area (Å²) in [5.74, 6) is 0.453. The Morgan fingerprint density at radius 2 is 1.95 bits per heavy atom. The summed E-state index contributed by atoms with van der Waals surface area (Å²) in [6, 6.07) is 5.26. The van der Waals surface area contributed by atoms with Crippen LogP contribution in [0.1, 0.15) is 30.9 Å². The number of hydrogen-bond donors (Lipinski definition) is 2. The monoisotopic (exact) mass is 545 g/mol. The van der Waals surface area contributed by atoms with Gasteiger partial charge in [0.1, 0.15) is 0 Å². The first kappa shape index (κ1) is 28.9. The largest absolute Gasteiger partial charge is 0.446 e. The van der Waals surface area contributed by atoms with E-state index in [0.717, 1.165) is 5.52 Å². The fourth-order valence-corrected chi connectivity index (χ4v) is 4.57. The Balaban J connectivity index is 0.000000568. The lowest BCUT2D eigenvalue weighted by Gasteiger charge is -2.39. The number of halogens is 4. The smallest absolute Gasteiger partial charge is 0.378 e. The molecule has 204 valence electrons. The van der Waals surface area contributed by atoms with Gasteiger partial charge in [-0.3, -0.25) is 14.4 Å². The van der Waals surface area contributed by atoms with Crippen molar-refractivity contribution in [1.29, 1.82) is 0 Å². The third-order valence-electron chi connectivity index (χ3n) is 6.04. The van der Waals surface area contributed by atoms with E-state index in [1.807, 2.05) is 9.80 Å². The van der Waals surface area contributed by atoms with Crippen molar-refractivity contribution < 1.29 is 32.3 Å². The summed E-state index contributed by atoms with van der Waals surface area (Å²) < 4.78 is 36.6. The topological polar surface area (TPSA) is 108 Å². The molecule has 2 aliphatic rings. The van der Waals surface area contributed by atoms with Crippen molar-refractivity contribution in [3.05, 3.63) is 29.0 Å². The number of piperidine rings is 1. The SMILES string of the molecule is CC(C)CN(C(=O)c1nc2ccc(Cl)cc2[nH]1)[C@@H]1CNC[C@H](C(=O)N2CCOCC2)C1.O=CC(F)(F)F. The Hall–Kier alpha value is -2.70. The highest BCUT2D eigenvalue weighted by atomic mass is 35.5. The Bertz CT molecular complexity index is 1090. The number of nitrogens with zero attached hydrogens (tertiary/aromatic N) is 3. The van der Waals surface area contributed by atoms with E-state index in [9.17, 15) is 22.8 Å². The quantitative estimate of drug-likeness (QED) is 0.560. The highest BCUT2D eigenvalue weighted by Crippen LogP contribution is 2.23. The fourth-order valence-electron chi connectivity index (χ4n) is 4.40. The number of aromatic nitrogens is 2. The van der Waals surface area contributed by atoms with Gasteiger partial charge in [0, 0.05) is 43.8 Å². The van der Waals surface area contributed by atoms with Crippen molar-refractivity contribution >= 4 is 40.7 Å². The number of carbonyl (C=O) groups is 3. The zero-order valence-electron chi connectivity index (χ0n) is 20.7. The van der Waals surface area contributed by atoms with Crippen molar-refractivity contribution in [3.8, 4) is 0 Å². The predicted octanol–water partition coefficient (Wildman–Crippen LogP) is 2.90. The van der Waals surface area contributed by atoms with Crippen LogP contribution < -0.4 is 5.32 Å². The van der Waals surface area contributed by atoms with Crippen LogP contribution in [0, 0.1) is 11.8 Å². The number of rotatable bonds is 5. The molecule has 0 unspecified atom stereocenters. The van der Waals surface area contributed by atoms with Gasteiger partial charge in [0.25, 0.3) is 5.91 Å². The maximum Gasteiger partial charge on any atom is 0.446 e. The molecule has 3 heterocycles. The number of carbonyl (C=O) groups excluding carboxylic acids is 3. The van der Waals surface area contributed by atoms with Crippen molar-refractivity contribution in [2.24, 2.45) is 11.8 Å². The van der Waals surface area contributed by atoms with Gasteiger partial charge in [-0.1, -0.05) is 25.4 Å². The molecule has 0 radical (unpaired) electrons. The molecule has 9 nitrogen and oxygen atoms in total. The van der Waals surface area contributed by atoms with E-state index >= 15 is 0 Å². The lowest BCUT2D eigenvalue weighted by Crippen LogP contribution is -2.56. The lowest BCUT2D eigenvalue weighted by molar-refractivity contribution is -0.156. The van der Waals surface area contributed by atoms with Crippen LogP contribution in [0.4, 0.5) is 13.2 Å². The molecular weight excluding hydrogens is 515 g/mol. The molecule has 4 rings (SSSR count). The van der Waals surface area contributed by atoms with Crippen LogP contribution in [-0.2, 0) is 14.3 Å². The number of amides is 2. The van der Waals surface area contributed by atoms with Gasteiger partial charge >= 0.3 is 6.18 Å². The van der Waals surface area contributed by atoms with Crippen LogP contribution in [0.3, 0.4) is 0 Å². The van der Waals surface area contributed by atoms with Crippen LogP contribution in [-0.4, -0.2) is 96.0 Å². The summed E-state index contributed by atoms with van der Waals surface area (Å²) in [5.41, 5.74) is 1.45. The maximum absolute atomic E-state index is 13.5. The van der Waals surface area contributed by atoms with E-state index in [1.165, 1.54) is 0 Å². The molecule has 0 spiro atoms. The molecule has 2 fully saturated rings. The number of aldehydes is 1. The predicted molar refractivity (Wildman–Crippen MR) is 131 cm³/mol. The first-order valence-corrected chi connectivity index (χ1v) is 12.4. The maximum atomic E-state index is 13.5. The van der Waals surface area contributed by atoms with E-state index in [0.29, 0.717) is 68.7 Å². The molecule has 37 heavy (non-hydrogen) atoms. The molecule has 13 heteroatoms. The summed E-state index contributed by atoms with van der Waals surface area (Å²) in [4.78, 5) is 46.6. The third kappa shape index (κ3) is 8.14. The number of hydrogen-bond acceptors (Lipinski definition) is 6. The molecule has 1 aromatic heterocycles. The molecule has 2 atom stereocenters. The van der Waals surface area contributed by atoms with Gasteiger partial charge < -0.3 is 24.8 Å². The van der Waals surface area contributed by atoms with Gasteiger partial charge in [0.15, 0.2) is 5.82 Å². The van der Waals surface area contributed by atoms with Gasteiger partial charge in [0.2, 0.25) is 12.2 Å².